The molecule has 1 aromatic rings. The first-order valence-corrected chi connectivity index (χ1v) is 7.60. The fourth-order valence-corrected chi connectivity index (χ4v) is 2.96. The van der Waals surface area contributed by atoms with E-state index < -0.39 is 0 Å². The number of rotatable bonds is 6. The van der Waals surface area contributed by atoms with Gasteiger partial charge in [0.25, 0.3) is 0 Å². The molecule has 1 aliphatic carbocycles. The Morgan fingerprint density at radius 1 is 1.38 bits per heavy atom. The lowest BCUT2D eigenvalue weighted by Gasteiger charge is -2.28. The predicted molar refractivity (Wildman–Crippen MR) is 79.7 cm³/mol. The lowest BCUT2D eigenvalue weighted by atomic mass is 9.82. The maximum atomic E-state index is 12.2. The van der Waals surface area contributed by atoms with E-state index in [1.165, 1.54) is 0 Å². The zero-order chi connectivity index (χ0) is 15.2. The van der Waals surface area contributed by atoms with Crippen molar-refractivity contribution in [3.63, 3.8) is 0 Å². The fourth-order valence-electron chi connectivity index (χ4n) is 2.96. The number of aromatic nitrogens is 2. The lowest BCUT2D eigenvalue weighted by Crippen LogP contribution is -2.38. The molecule has 21 heavy (non-hydrogen) atoms. The molecular formula is C15H24N4O2. The van der Waals surface area contributed by atoms with Crippen LogP contribution in [0.4, 0.5) is 0 Å². The molecule has 1 saturated carbocycles. The average molecular weight is 292 g/mol. The first-order valence-electron chi connectivity index (χ1n) is 7.60. The van der Waals surface area contributed by atoms with Gasteiger partial charge in [-0.2, -0.15) is 5.10 Å². The minimum Gasteiger partial charge on any atom is -0.353 e. The van der Waals surface area contributed by atoms with Crippen LogP contribution in [0.15, 0.2) is 12.3 Å². The summed E-state index contributed by atoms with van der Waals surface area (Å²) < 4.78 is 1.63. The quantitative estimate of drug-likeness (QED) is 0.766. The highest BCUT2D eigenvalue weighted by Gasteiger charge is 2.25. The summed E-state index contributed by atoms with van der Waals surface area (Å²) in [5.74, 6) is 0.604. The normalized spacial score (nSPS) is 22.0. The van der Waals surface area contributed by atoms with Crippen molar-refractivity contribution in [3.05, 3.63) is 18.0 Å². The van der Waals surface area contributed by atoms with Crippen molar-refractivity contribution in [1.82, 2.24) is 15.1 Å². The molecule has 1 aliphatic rings. The number of nitrogens with zero attached hydrogens (tertiary/aromatic N) is 2. The molecule has 0 aliphatic heterocycles. The van der Waals surface area contributed by atoms with E-state index >= 15 is 0 Å². The number of amides is 1. The Morgan fingerprint density at radius 2 is 2.10 bits per heavy atom. The first-order chi connectivity index (χ1) is 10.1. The second-order valence-corrected chi connectivity index (χ2v) is 5.79. The molecule has 1 amide bonds. The van der Waals surface area contributed by atoms with Crippen LogP contribution in [0.2, 0.25) is 0 Å². The molecule has 0 unspecified atom stereocenters. The van der Waals surface area contributed by atoms with Crippen molar-refractivity contribution in [1.29, 1.82) is 0 Å². The third kappa shape index (κ3) is 4.39. The SMILES string of the molecule is Cn1nccc1C(=O)CC1CCC(NC(=O)CCN)CC1. The highest BCUT2D eigenvalue weighted by atomic mass is 16.1. The van der Waals surface area contributed by atoms with Crippen LogP contribution in [-0.4, -0.2) is 34.1 Å². The number of hydrogen-bond donors (Lipinski definition) is 2. The Morgan fingerprint density at radius 3 is 2.67 bits per heavy atom. The van der Waals surface area contributed by atoms with Crippen LogP contribution < -0.4 is 11.1 Å². The zero-order valence-electron chi connectivity index (χ0n) is 12.5. The Bertz CT molecular complexity index is 490. The molecule has 6 heteroatoms. The lowest BCUT2D eigenvalue weighted by molar-refractivity contribution is -0.121. The van der Waals surface area contributed by atoms with Gasteiger partial charge < -0.3 is 11.1 Å². The van der Waals surface area contributed by atoms with E-state index in [4.69, 9.17) is 5.73 Å². The molecule has 1 aromatic heterocycles. The number of aryl methyl sites for hydroxylation is 1. The zero-order valence-corrected chi connectivity index (χ0v) is 12.5. The minimum absolute atomic E-state index is 0.0342. The fraction of sp³-hybridized carbons (Fsp3) is 0.667. The van der Waals surface area contributed by atoms with E-state index in [9.17, 15) is 9.59 Å². The summed E-state index contributed by atoms with van der Waals surface area (Å²) >= 11 is 0. The van der Waals surface area contributed by atoms with Crippen molar-refractivity contribution in [2.24, 2.45) is 18.7 Å². The number of nitrogens with one attached hydrogen (secondary N) is 1. The number of hydrogen-bond acceptors (Lipinski definition) is 4. The highest BCUT2D eigenvalue weighted by Crippen LogP contribution is 2.28. The third-order valence-corrected chi connectivity index (χ3v) is 4.16. The molecule has 0 bridgehead atoms. The van der Waals surface area contributed by atoms with Gasteiger partial charge in [-0.15, -0.1) is 0 Å². The molecular weight excluding hydrogens is 268 g/mol. The Kier molecular flexibility index (Phi) is 5.50. The van der Waals surface area contributed by atoms with Gasteiger partial charge in [-0.3, -0.25) is 14.3 Å². The van der Waals surface area contributed by atoms with E-state index in [-0.39, 0.29) is 17.7 Å². The number of ketones is 1. The molecule has 2 rings (SSSR count). The number of nitrogens with two attached hydrogens (primary N) is 1. The third-order valence-electron chi connectivity index (χ3n) is 4.16. The summed E-state index contributed by atoms with van der Waals surface area (Å²) in [6.07, 6.45) is 6.46. The monoisotopic (exact) mass is 292 g/mol. The van der Waals surface area contributed by atoms with Crippen molar-refractivity contribution in [2.75, 3.05) is 6.54 Å². The minimum atomic E-state index is 0.0342. The summed E-state index contributed by atoms with van der Waals surface area (Å²) in [6, 6.07) is 2.01. The van der Waals surface area contributed by atoms with Gasteiger partial charge in [0.2, 0.25) is 5.91 Å². The van der Waals surface area contributed by atoms with E-state index in [0.717, 1.165) is 25.7 Å². The standard InChI is InChI=1S/C15H24N4O2/c1-19-13(7-9-17-19)14(20)10-11-2-4-12(5-3-11)18-15(21)6-8-16/h7,9,11-12H,2-6,8,10,16H2,1H3,(H,18,21). The van der Waals surface area contributed by atoms with Crippen LogP contribution in [0.1, 0.15) is 49.0 Å². The van der Waals surface area contributed by atoms with Gasteiger partial charge in [0.15, 0.2) is 5.78 Å². The number of carbonyl (C=O) groups is 2. The van der Waals surface area contributed by atoms with Gasteiger partial charge >= 0.3 is 0 Å². The van der Waals surface area contributed by atoms with Crippen LogP contribution >= 0.6 is 0 Å². The van der Waals surface area contributed by atoms with Crippen LogP contribution in [0.5, 0.6) is 0 Å². The molecule has 0 saturated heterocycles. The Balaban J connectivity index is 1.75. The van der Waals surface area contributed by atoms with E-state index in [1.54, 1.807) is 24.0 Å². The second-order valence-electron chi connectivity index (χ2n) is 5.79. The first kappa shape index (κ1) is 15.7. The van der Waals surface area contributed by atoms with Crippen LogP contribution in [-0.2, 0) is 11.8 Å². The molecule has 0 aromatic carbocycles. The second kappa shape index (κ2) is 7.36. The maximum Gasteiger partial charge on any atom is 0.221 e. The van der Waals surface area contributed by atoms with Gasteiger partial charge in [0, 0.05) is 38.7 Å². The Labute approximate surface area is 125 Å². The maximum absolute atomic E-state index is 12.2. The summed E-state index contributed by atoms with van der Waals surface area (Å²) in [5.41, 5.74) is 6.04. The van der Waals surface area contributed by atoms with Crippen molar-refractivity contribution in [2.45, 2.75) is 44.6 Å². The summed E-state index contributed by atoms with van der Waals surface area (Å²) in [4.78, 5) is 23.7. The molecule has 6 nitrogen and oxygen atoms in total. The van der Waals surface area contributed by atoms with Crippen LogP contribution in [0.25, 0.3) is 0 Å². The Hall–Kier alpha value is -1.69. The molecule has 0 atom stereocenters. The summed E-state index contributed by atoms with van der Waals surface area (Å²) in [6.45, 7) is 0.389. The molecule has 1 fully saturated rings. The van der Waals surface area contributed by atoms with Crippen LogP contribution in [0.3, 0.4) is 0 Å². The van der Waals surface area contributed by atoms with Crippen LogP contribution in [0, 0.1) is 5.92 Å². The summed E-state index contributed by atoms with van der Waals surface area (Å²) in [7, 11) is 1.79. The average Bonchev–Trinajstić information content (AvgIpc) is 2.87. The van der Waals surface area contributed by atoms with Crippen molar-refractivity contribution < 1.29 is 9.59 Å². The summed E-state index contributed by atoms with van der Waals surface area (Å²) in [5, 5.41) is 7.04. The molecule has 116 valence electrons. The molecule has 0 spiro atoms. The van der Waals surface area contributed by atoms with E-state index in [1.807, 2.05) is 0 Å². The molecule has 3 N–H and O–H groups in total. The van der Waals surface area contributed by atoms with E-state index in [0.29, 0.717) is 31.0 Å². The molecule has 0 radical (unpaired) electrons. The number of Topliss-reactive ketones (excluding diaryl/α,β-unsaturated/α-hetero) is 1. The van der Waals surface area contributed by atoms with E-state index in [2.05, 4.69) is 10.4 Å². The predicted octanol–water partition coefficient (Wildman–Crippen LogP) is 1.02. The highest BCUT2D eigenvalue weighted by molar-refractivity contribution is 5.94. The van der Waals surface area contributed by atoms with Crippen molar-refractivity contribution >= 4 is 11.7 Å². The number of carbonyl (C=O) groups excluding carboxylic acids is 2. The largest absolute Gasteiger partial charge is 0.353 e. The van der Waals surface area contributed by atoms with Crippen molar-refractivity contribution in [3.8, 4) is 0 Å². The topological polar surface area (TPSA) is 90.0 Å². The van der Waals surface area contributed by atoms with Gasteiger partial charge in [0.1, 0.15) is 5.69 Å². The van der Waals surface area contributed by atoms with Gasteiger partial charge in [-0.25, -0.2) is 0 Å². The molecule has 1 heterocycles. The van der Waals surface area contributed by atoms with Gasteiger partial charge in [-0.1, -0.05) is 0 Å². The van der Waals surface area contributed by atoms with Gasteiger partial charge in [0.05, 0.1) is 0 Å². The smallest absolute Gasteiger partial charge is 0.221 e. The van der Waals surface area contributed by atoms with Gasteiger partial charge in [-0.05, 0) is 37.7 Å².